The molecule has 2 aliphatic heterocycles. The molecule has 0 aliphatic carbocycles. The van der Waals surface area contributed by atoms with Crippen LogP contribution in [-0.2, 0) is 22.5 Å². The number of fused-ring (bicyclic) bond motifs is 1. The summed E-state index contributed by atoms with van der Waals surface area (Å²) in [5.74, 6) is 0.302. The van der Waals surface area contributed by atoms with Crippen molar-refractivity contribution in [3.05, 3.63) is 33.6 Å². The van der Waals surface area contributed by atoms with Crippen molar-refractivity contribution in [1.29, 1.82) is 5.26 Å². The maximum atomic E-state index is 12.7. The molecule has 1 atom stereocenters. The van der Waals surface area contributed by atoms with Crippen molar-refractivity contribution in [3.63, 3.8) is 0 Å². The van der Waals surface area contributed by atoms with Crippen LogP contribution in [0, 0.1) is 11.3 Å². The van der Waals surface area contributed by atoms with Crippen molar-refractivity contribution in [1.82, 2.24) is 9.88 Å². The van der Waals surface area contributed by atoms with E-state index in [2.05, 4.69) is 11.1 Å². The normalized spacial score (nSPS) is 19.5. The third-order valence-electron chi connectivity index (χ3n) is 4.82. The smallest absolute Gasteiger partial charge is 0.252 e. The SMILES string of the molecule is N#Cc1c(N)nc2c(c1-c1ccsc1)CN(C(=O)[C@H]1CCCO1)CC2. The van der Waals surface area contributed by atoms with E-state index in [9.17, 15) is 10.1 Å². The number of rotatable bonds is 2. The number of nitrogens with two attached hydrogens (primary N) is 1. The number of amides is 1. The third-order valence-corrected chi connectivity index (χ3v) is 5.50. The van der Waals surface area contributed by atoms with Crippen molar-refractivity contribution in [3.8, 4) is 17.2 Å². The van der Waals surface area contributed by atoms with E-state index < -0.39 is 0 Å². The Morgan fingerprint density at radius 2 is 2.40 bits per heavy atom. The summed E-state index contributed by atoms with van der Waals surface area (Å²) >= 11 is 1.57. The van der Waals surface area contributed by atoms with Crippen LogP contribution < -0.4 is 5.73 Å². The topological polar surface area (TPSA) is 92.2 Å². The highest BCUT2D eigenvalue weighted by atomic mass is 32.1. The fraction of sp³-hybridized carbons (Fsp3) is 0.389. The zero-order chi connectivity index (χ0) is 17.4. The van der Waals surface area contributed by atoms with E-state index in [-0.39, 0.29) is 17.8 Å². The van der Waals surface area contributed by atoms with E-state index >= 15 is 0 Å². The van der Waals surface area contributed by atoms with Gasteiger partial charge in [-0.1, -0.05) is 0 Å². The number of carbonyl (C=O) groups excluding carboxylic acids is 1. The highest BCUT2D eigenvalue weighted by molar-refractivity contribution is 7.08. The van der Waals surface area contributed by atoms with Crippen LogP contribution in [-0.4, -0.2) is 35.0 Å². The van der Waals surface area contributed by atoms with Crippen molar-refractivity contribution < 1.29 is 9.53 Å². The summed E-state index contributed by atoms with van der Waals surface area (Å²) in [6, 6.07) is 4.16. The number of nitrogens with zero attached hydrogens (tertiary/aromatic N) is 3. The zero-order valence-corrected chi connectivity index (χ0v) is 14.5. The minimum atomic E-state index is -0.330. The molecule has 2 aromatic rings. The van der Waals surface area contributed by atoms with Crippen LogP contribution in [0.3, 0.4) is 0 Å². The second-order valence-corrected chi connectivity index (χ2v) is 7.09. The van der Waals surface area contributed by atoms with Crippen LogP contribution in [0.25, 0.3) is 11.1 Å². The first-order valence-corrected chi connectivity index (χ1v) is 9.27. The Hall–Kier alpha value is -2.43. The average molecular weight is 354 g/mol. The van der Waals surface area contributed by atoms with Crippen LogP contribution >= 0.6 is 11.3 Å². The molecule has 0 unspecified atom stereocenters. The van der Waals surface area contributed by atoms with Gasteiger partial charge in [0.2, 0.25) is 0 Å². The highest BCUT2D eigenvalue weighted by Gasteiger charge is 2.32. The molecule has 2 aliphatic rings. The second kappa shape index (κ2) is 6.47. The first-order chi connectivity index (χ1) is 12.2. The molecule has 4 rings (SSSR count). The van der Waals surface area contributed by atoms with Gasteiger partial charge in [-0.25, -0.2) is 4.98 Å². The summed E-state index contributed by atoms with van der Waals surface area (Å²) in [7, 11) is 0. The minimum absolute atomic E-state index is 0.0368. The second-order valence-electron chi connectivity index (χ2n) is 6.31. The van der Waals surface area contributed by atoms with Gasteiger partial charge in [-0.15, -0.1) is 0 Å². The van der Waals surface area contributed by atoms with E-state index in [1.54, 1.807) is 11.3 Å². The summed E-state index contributed by atoms with van der Waals surface area (Å²) in [6.07, 6.45) is 2.02. The Bertz CT molecular complexity index is 851. The number of ether oxygens (including phenoxy) is 1. The molecule has 0 saturated carbocycles. The van der Waals surface area contributed by atoms with Gasteiger partial charge in [0.15, 0.2) is 0 Å². The molecule has 0 aromatic carbocycles. The molecule has 0 spiro atoms. The van der Waals surface area contributed by atoms with Gasteiger partial charge in [-0.3, -0.25) is 4.79 Å². The molecular weight excluding hydrogens is 336 g/mol. The molecular formula is C18H18N4O2S. The molecule has 2 aromatic heterocycles. The van der Waals surface area contributed by atoms with E-state index in [0.29, 0.717) is 31.7 Å². The maximum Gasteiger partial charge on any atom is 0.252 e. The van der Waals surface area contributed by atoms with E-state index in [4.69, 9.17) is 10.5 Å². The summed E-state index contributed by atoms with van der Waals surface area (Å²) in [6.45, 7) is 1.70. The molecule has 7 heteroatoms. The van der Waals surface area contributed by atoms with Gasteiger partial charge < -0.3 is 15.4 Å². The number of aromatic nitrogens is 1. The summed E-state index contributed by atoms with van der Waals surface area (Å²) in [4.78, 5) is 19.0. The number of thiophene rings is 1. The predicted molar refractivity (Wildman–Crippen MR) is 94.8 cm³/mol. The number of nitriles is 1. The lowest BCUT2D eigenvalue weighted by molar-refractivity contribution is -0.141. The van der Waals surface area contributed by atoms with Gasteiger partial charge in [-0.05, 0) is 35.2 Å². The molecule has 0 radical (unpaired) electrons. The van der Waals surface area contributed by atoms with Crippen LogP contribution in [0.5, 0.6) is 0 Å². The summed E-state index contributed by atoms with van der Waals surface area (Å²) < 4.78 is 5.54. The summed E-state index contributed by atoms with van der Waals surface area (Å²) in [5.41, 5.74) is 10.0. The largest absolute Gasteiger partial charge is 0.383 e. The van der Waals surface area contributed by atoms with Gasteiger partial charge >= 0.3 is 0 Å². The lowest BCUT2D eigenvalue weighted by Gasteiger charge is -2.31. The first-order valence-electron chi connectivity index (χ1n) is 8.33. The van der Waals surface area contributed by atoms with Crippen molar-refractivity contribution >= 4 is 23.1 Å². The van der Waals surface area contributed by atoms with Crippen LogP contribution in [0.1, 0.15) is 29.7 Å². The van der Waals surface area contributed by atoms with Crippen molar-refractivity contribution in [2.24, 2.45) is 0 Å². The number of carbonyl (C=O) groups is 1. The fourth-order valence-electron chi connectivity index (χ4n) is 3.58. The lowest BCUT2D eigenvalue weighted by Crippen LogP contribution is -2.42. The number of anilines is 1. The lowest BCUT2D eigenvalue weighted by atomic mass is 9.92. The van der Waals surface area contributed by atoms with E-state index in [1.165, 1.54) is 0 Å². The summed E-state index contributed by atoms with van der Waals surface area (Å²) in [5, 5.41) is 13.5. The Morgan fingerprint density at radius 3 is 3.08 bits per heavy atom. The monoisotopic (exact) mass is 354 g/mol. The predicted octanol–water partition coefficient (Wildman–Crippen LogP) is 2.33. The van der Waals surface area contributed by atoms with Gasteiger partial charge in [-0.2, -0.15) is 16.6 Å². The van der Waals surface area contributed by atoms with E-state index in [0.717, 1.165) is 35.2 Å². The highest BCUT2D eigenvalue weighted by Crippen LogP contribution is 2.36. The number of nitrogen functional groups attached to an aromatic ring is 1. The molecule has 128 valence electrons. The van der Waals surface area contributed by atoms with Gasteiger partial charge in [0.05, 0.1) is 5.69 Å². The van der Waals surface area contributed by atoms with E-state index in [1.807, 2.05) is 21.7 Å². The van der Waals surface area contributed by atoms with Crippen LogP contribution in [0.2, 0.25) is 0 Å². The molecule has 25 heavy (non-hydrogen) atoms. The maximum absolute atomic E-state index is 12.7. The zero-order valence-electron chi connectivity index (χ0n) is 13.7. The molecule has 1 fully saturated rings. The third kappa shape index (κ3) is 2.77. The quantitative estimate of drug-likeness (QED) is 0.893. The first kappa shape index (κ1) is 16.1. The Kier molecular flexibility index (Phi) is 4.15. The van der Waals surface area contributed by atoms with Gasteiger partial charge in [0.1, 0.15) is 23.6 Å². The van der Waals surface area contributed by atoms with Gasteiger partial charge in [0.25, 0.3) is 5.91 Å². The minimum Gasteiger partial charge on any atom is -0.383 e. The number of hydrogen-bond donors (Lipinski definition) is 1. The molecule has 6 nitrogen and oxygen atoms in total. The number of hydrogen-bond acceptors (Lipinski definition) is 6. The number of pyridine rings is 1. The Labute approximate surface area is 149 Å². The Morgan fingerprint density at radius 1 is 1.52 bits per heavy atom. The molecule has 1 amide bonds. The van der Waals surface area contributed by atoms with Crippen molar-refractivity contribution in [2.45, 2.75) is 31.9 Å². The Balaban J connectivity index is 1.76. The van der Waals surface area contributed by atoms with Crippen molar-refractivity contribution in [2.75, 3.05) is 18.9 Å². The molecule has 4 heterocycles. The van der Waals surface area contributed by atoms with Crippen LogP contribution in [0.4, 0.5) is 5.82 Å². The average Bonchev–Trinajstić information content (AvgIpc) is 3.33. The van der Waals surface area contributed by atoms with Crippen LogP contribution in [0.15, 0.2) is 16.8 Å². The molecule has 0 bridgehead atoms. The van der Waals surface area contributed by atoms with Gasteiger partial charge in [0, 0.05) is 37.2 Å². The standard InChI is InChI=1S/C18H18N4O2S/c19-8-12-16(11-4-7-25-10-11)13-9-22(5-3-14(13)21-17(12)20)18(23)15-2-1-6-24-15/h4,7,10,15H,1-3,5-6,9H2,(H2,20,21)/t15-/m1/s1. The molecule has 2 N–H and O–H groups in total. The fourth-order valence-corrected chi connectivity index (χ4v) is 4.23. The molecule has 1 saturated heterocycles.